The van der Waals surface area contributed by atoms with E-state index in [0.717, 1.165) is 18.4 Å². The lowest BCUT2D eigenvalue weighted by Gasteiger charge is -2.20. The highest BCUT2D eigenvalue weighted by atomic mass is 16.6. The van der Waals surface area contributed by atoms with Crippen LogP contribution in [0.25, 0.3) is 0 Å². The van der Waals surface area contributed by atoms with Gasteiger partial charge in [0.05, 0.1) is 0 Å². The van der Waals surface area contributed by atoms with E-state index in [0.29, 0.717) is 13.1 Å². The summed E-state index contributed by atoms with van der Waals surface area (Å²) in [5.74, 6) is 0. The van der Waals surface area contributed by atoms with Gasteiger partial charge >= 0.3 is 12.2 Å². The second kappa shape index (κ2) is 9.43. The first-order valence-corrected chi connectivity index (χ1v) is 8.04. The monoisotopic (exact) mass is 328 g/mol. The third-order valence-electron chi connectivity index (χ3n) is 2.47. The van der Waals surface area contributed by atoms with Crippen molar-refractivity contribution in [2.45, 2.75) is 72.5 Å². The van der Waals surface area contributed by atoms with E-state index >= 15 is 0 Å². The number of alkyl carbamates (subject to hydrolysis) is 2. The minimum atomic E-state index is -0.517. The normalized spacial score (nSPS) is 12.6. The summed E-state index contributed by atoms with van der Waals surface area (Å²) in [4.78, 5) is 23.2. The highest BCUT2D eigenvalue weighted by Crippen LogP contribution is 2.08. The minimum absolute atomic E-state index is 0.361. The summed E-state index contributed by atoms with van der Waals surface area (Å²) in [6.45, 7) is 13.7. The summed E-state index contributed by atoms with van der Waals surface area (Å²) < 4.78 is 10.4. The van der Waals surface area contributed by atoms with Crippen LogP contribution in [-0.4, -0.2) is 36.5 Å². The Labute approximate surface area is 140 Å². The highest BCUT2D eigenvalue weighted by Gasteiger charge is 2.16. The number of carbonyl (C=O) groups excluding carboxylic acids is 2. The highest BCUT2D eigenvalue weighted by molar-refractivity contribution is 5.68. The Hall–Kier alpha value is -1.72. The number of hydrogen-bond acceptors (Lipinski definition) is 4. The van der Waals surface area contributed by atoms with Crippen LogP contribution < -0.4 is 10.6 Å². The maximum Gasteiger partial charge on any atom is 0.407 e. The van der Waals surface area contributed by atoms with Crippen molar-refractivity contribution in [1.29, 1.82) is 0 Å². The molecule has 0 radical (unpaired) electrons. The van der Waals surface area contributed by atoms with E-state index in [9.17, 15) is 9.59 Å². The summed E-state index contributed by atoms with van der Waals surface area (Å²) in [6, 6.07) is 0. The number of hydrogen-bond donors (Lipinski definition) is 2. The van der Waals surface area contributed by atoms with Crippen LogP contribution in [0.3, 0.4) is 0 Å². The Morgan fingerprint density at radius 2 is 1.39 bits per heavy atom. The summed E-state index contributed by atoms with van der Waals surface area (Å²) in [5, 5.41) is 5.40. The maximum atomic E-state index is 11.7. The lowest BCUT2D eigenvalue weighted by molar-refractivity contribution is 0.0519. The molecule has 2 amide bonds. The smallest absolute Gasteiger partial charge is 0.407 e. The Morgan fingerprint density at radius 3 is 1.83 bits per heavy atom. The standard InChI is InChI=1S/C17H32N2O4/c1-8-9-13(12-19-15(21)23-17(5,6)7)10-11-18-14(20)22-16(2,3)4/h10H,8-9,11-12H2,1-7H3,(H,18,20)(H,19,21)/b13-10-. The molecule has 0 aromatic rings. The molecule has 0 aromatic heterocycles. The van der Waals surface area contributed by atoms with E-state index in [1.807, 2.05) is 47.6 Å². The van der Waals surface area contributed by atoms with Gasteiger partial charge in [-0.15, -0.1) is 0 Å². The molecule has 0 aliphatic rings. The van der Waals surface area contributed by atoms with E-state index < -0.39 is 23.4 Å². The van der Waals surface area contributed by atoms with Crippen molar-refractivity contribution in [1.82, 2.24) is 10.6 Å². The van der Waals surface area contributed by atoms with Gasteiger partial charge in [-0.05, 0) is 48.0 Å². The molecule has 23 heavy (non-hydrogen) atoms. The van der Waals surface area contributed by atoms with Crippen LogP contribution in [0.4, 0.5) is 9.59 Å². The molecule has 0 heterocycles. The molecule has 0 saturated heterocycles. The number of amides is 2. The fourth-order valence-corrected chi connectivity index (χ4v) is 1.68. The Balaban J connectivity index is 4.34. The van der Waals surface area contributed by atoms with Crippen LogP contribution in [-0.2, 0) is 9.47 Å². The number of carbonyl (C=O) groups is 2. The summed E-state index contributed by atoms with van der Waals surface area (Å²) in [6.07, 6.45) is 2.79. The van der Waals surface area contributed by atoms with E-state index in [1.54, 1.807) is 0 Å². The van der Waals surface area contributed by atoms with Crippen molar-refractivity contribution in [3.63, 3.8) is 0 Å². The molecule has 2 N–H and O–H groups in total. The van der Waals surface area contributed by atoms with Crippen molar-refractivity contribution in [3.8, 4) is 0 Å². The number of rotatable bonds is 6. The molecular weight excluding hydrogens is 296 g/mol. The van der Waals surface area contributed by atoms with E-state index in [2.05, 4.69) is 17.6 Å². The molecule has 0 fully saturated rings. The maximum absolute atomic E-state index is 11.7. The zero-order valence-corrected chi connectivity index (χ0v) is 15.5. The minimum Gasteiger partial charge on any atom is -0.444 e. The van der Waals surface area contributed by atoms with Gasteiger partial charge in [-0.3, -0.25) is 0 Å². The van der Waals surface area contributed by atoms with Gasteiger partial charge in [0.1, 0.15) is 11.2 Å². The zero-order valence-electron chi connectivity index (χ0n) is 15.5. The topological polar surface area (TPSA) is 76.7 Å². The Kier molecular flexibility index (Phi) is 8.72. The van der Waals surface area contributed by atoms with E-state index in [4.69, 9.17) is 9.47 Å². The van der Waals surface area contributed by atoms with Gasteiger partial charge in [0.2, 0.25) is 0 Å². The van der Waals surface area contributed by atoms with Gasteiger partial charge in [0, 0.05) is 13.1 Å². The van der Waals surface area contributed by atoms with Crippen molar-refractivity contribution >= 4 is 12.2 Å². The molecule has 0 saturated carbocycles. The van der Waals surface area contributed by atoms with Crippen LogP contribution in [0, 0.1) is 0 Å². The lowest BCUT2D eigenvalue weighted by atomic mass is 10.1. The Bertz CT molecular complexity index is 417. The molecule has 134 valence electrons. The van der Waals surface area contributed by atoms with Crippen LogP contribution in [0.15, 0.2) is 11.6 Å². The van der Waals surface area contributed by atoms with Gasteiger partial charge in [0.15, 0.2) is 0 Å². The largest absolute Gasteiger partial charge is 0.444 e. The number of nitrogens with one attached hydrogen (secondary N) is 2. The van der Waals surface area contributed by atoms with Crippen molar-refractivity contribution in [2.24, 2.45) is 0 Å². The van der Waals surface area contributed by atoms with Gasteiger partial charge in [0.25, 0.3) is 0 Å². The molecule has 0 atom stereocenters. The summed E-state index contributed by atoms with van der Waals surface area (Å²) in [5.41, 5.74) is 0.00406. The molecule has 0 aromatic carbocycles. The zero-order chi connectivity index (χ0) is 18.1. The third kappa shape index (κ3) is 13.7. The van der Waals surface area contributed by atoms with Crippen LogP contribution in [0.2, 0.25) is 0 Å². The fourth-order valence-electron chi connectivity index (χ4n) is 1.68. The van der Waals surface area contributed by atoms with Crippen molar-refractivity contribution in [2.75, 3.05) is 13.1 Å². The molecule has 0 rings (SSSR count). The van der Waals surface area contributed by atoms with Crippen LogP contribution in [0.5, 0.6) is 0 Å². The van der Waals surface area contributed by atoms with Gasteiger partial charge < -0.3 is 20.1 Å². The van der Waals surface area contributed by atoms with Gasteiger partial charge in [-0.1, -0.05) is 25.0 Å². The first kappa shape index (κ1) is 21.3. The first-order valence-electron chi connectivity index (χ1n) is 8.04. The second-order valence-electron chi connectivity index (χ2n) is 7.35. The summed E-state index contributed by atoms with van der Waals surface area (Å²) >= 11 is 0. The predicted octanol–water partition coefficient (Wildman–Crippen LogP) is 3.76. The molecular formula is C17H32N2O4. The SMILES string of the molecule is CCC/C(=C/CNC(=O)OC(C)(C)C)CNC(=O)OC(C)(C)C. The van der Waals surface area contributed by atoms with Crippen LogP contribution >= 0.6 is 0 Å². The van der Waals surface area contributed by atoms with Gasteiger partial charge in [-0.2, -0.15) is 0 Å². The Morgan fingerprint density at radius 1 is 0.913 bits per heavy atom. The van der Waals surface area contributed by atoms with E-state index in [-0.39, 0.29) is 0 Å². The second-order valence-corrected chi connectivity index (χ2v) is 7.35. The molecule has 6 heteroatoms. The first-order chi connectivity index (χ1) is 10.4. The number of ether oxygens (including phenoxy) is 2. The average molecular weight is 328 g/mol. The molecule has 0 aliphatic carbocycles. The predicted molar refractivity (Wildman–Crippen MR) is 91.5 cm³/mol. The third-order valence-corrected chi connectivity index (χ3v) is 2.47. The quantitative estimate of drug-likeness (QED) is 0.728. The van der Waals surface area contributed by atoms with Crippen LogP contribution in [0.1, 0.15) is 61.3 Å². The summed E-state index contributed by atoms with van der Waals surface area (Å²) in [7, 11) is 0. The molecule has 0 bridgehead atoms. The fraction of sp³-hybridized carbons (Fsp3) is 0.765. The van der Waals surface area contributed by atoms with E-state index in [1.165, 1.54) is 0 Å². The van der Waals surface area contributed by atoms with Crippen molar-refractivity contribution in [3.05, 3.63) is 11.6 Å². The van der Waals surface area contributed by atoms with Gasteiger partial charge in [-0.25, -0.2) is 9.59 Å². The molecule has 0 unspecified atom stereocenters. The lowest BCUT2D eigenvalue weighted by Crippen LogP contribution is -2.34. The van der Waals surface area contributed by atoms with Crippen molar-refractivity contribution < 1.29 is 19.1 Å². The molecule has 6 nitrogen and oxygen atoms in total. The molecule has 0 aliphatic heterocycles. The average Bonchev–Trinajstić information content (AvgIpc) is 2.31. The molecule has 0 spiro atoms.